The van der Waals surface area contributed by atoms with E-state index in [0.29, 0.717) is 23.1 Å². The average molecular weight is 325 g/mol. The zero-order chi connectivity index (χ0) is 16.8. The second-order valence-electron chi connectivity index (χ2n) is 4.70. The Hall–Kier alpha value is -3.42. The Morgan fingerprint density at radius 3 is 2.79 bits per heavy atom. The van der Waals surface area contributed by atoms with Crippen LogP contribution >= 0.6 is 0 Å². The highest BCUT2D eigenvalue weighted by Crippen LogP contribution is 2.25. The van der Waals surface area contributed by atoms with Crippen LogP contribution in [0.15, 0.2) is 55.1 Å². The molecule has 24 heavy (non-hydrogen) atoms. The van der Waals surface area contributed by atoms with Crippen LogP contribution in [0.3, 0.4) is 0 Å². The fourth-order valence-electron chi connectivity index (χ4n) is 2.01. The molecular formula is C16H15N5O3. The number of carbonyl (C=O) groups is 1. The molecule has 0 saturated heterocycles. The normalized spacial score (nSPS) is 10.2. The van der Waals surface area contributed by atoms with Gasteiger partial charge in [0.1, 0.15) is 12.1 Å². The molecule has 0 unspecified atom stereocenters. The maximum Gasteiger partial charge on any atom is 0.263 e. The lowest BCUT2D eigenvalue weighted by Crippen LogP contribution is -2.21. The van der Waals surface area contributed by atoms with Gasteiger partial charge in [-0.3, -0.25) is 4.79 Å². The van der Waals surface area contributed by atoms with E-state index in [1.165, 1.54) is 6.33 Å². The summed E-state index contributed by atoms with van der Waals surface area (Å²) in [4.78, 5) is 20.1. The molecule has 8 heteroatoms. The molecule has 1 N–H and O–H groups in total. The fraction of sp³-hybridized carbons (Fsp3) is 0.125. The molecule has 0 radical (unpaired) electrons. The average Bonchev–Trinajstić information content (AvgIpc) is 3.15. The van der Waals surface area contributed by atoms with E-state index in [2.05, 4.69) is 20.4 Å². The van der Waals surface area contributed by atoms with Crippen LogP contribution in [-0.4, -0.2) is 39.4 Å². The first kappa shape index (κ1) is 15.5. The van der Waals surface area contributed by atoms with Crippen LogP contribution < -0.4 is 14.8 Å². The number of ether oxygens (including phenoxy) is 2. The van der Waals surface area contributed by atoms with Gasteiger partial charge in [-0.25, -0.2) is 14.6 Å². The second-order valence-corrected chi connectivity index (χ2v) is 4.70. The number of rotatable bonds is 6. The molecule has 0 fully saturated rings. The van der Waals surface area contributed by atoms with E-state index in [4.69, 9.17) is 9.47 Å². The topological polar surface area (TPSA) is 91.2 Å². The molecule has 1 amide bonds. The summed E-state index contributed by atoms with van der Waals surface area (Å²) < 4.78 is 12.2. The minimum Gasteiger partial charge on any atom is -0.493 e. The Bertz CT molecular complexity index is 820. The van der Waals surface area contributed by atoms with E-state index in [9.17, 15) is 4.79 Å². The SMILES string of the molecule is COc1ccccc1OCC(=O)Nc1cc(-n2cccn2)ncn1. The van der Waals surface area contributed by atoms with Gasteiger partial charge in [0, 0.05) is 18.5 Å². The van der Waals surface area contributed by atoms with Gasteiger partial charge in [-0.15, -0.1) is 0 Å². The van der Waals surface area contributed by atoms with Crippen molar-refractivity contribution in [2.75, 3.05) is 19.0 Å². The van der Waals surface area contributed by atoms with Crippen molar-refractivity contribution in [3.05, 3.63) is 55.1 Å². The largest absolute Gasteiger partial charge is 0.493 e. The number of hydrogen-bond donors (Lipinski definition) is 1. The number of nitrogens with one attached hydrogen (secondary N) is 1. The van der Waals surface area contributed by atoms with Crippen molar-refractivity contribution in [1.29, 1.82) is 0 Å². The zero-order valence-electron chi connectivity index (χ0n) is 12.9. The monoisotopic (exact) mass is 325 g/mol. The van der Waals surface area contributed by atoms with Crippen LogP contribution in [0.5, 0.6) is 11.5 Å². The molecule has 1 aromatic carbocycles. The number of amides is 1. The van der Waals surface area contributed by atoms with E-state index in [0.717, 1.165) is 0 Å². The van der Waals surface area contributed by atoms with Crippen molar-refractivity contribution in [2.45, 2.75) is 0 Å². The number of carbonyl (C=O) groups excluding carboxylic acids is 1. The second kappa shape index (κ2) is 7.23. The minimum atomic E-state index is -0.342. The fourth-order valence-corrected chi connectivity index (χ4v) is 2.01. The summed E-state index contributed by atoms with van der Waals surface area (Å²) >= 11 is 0. The van der Waals surface area contributed by atoms with Gasteiger partial charge < -0.3 is 14.8 Å². The Morgan fingerprint density at radius 1 is 1.21 bits per heavy atom. The first-order valence-electron chi connectivity index (χ1n) is 7.14. The quantitative estimate of drug-likeness (QED) is 0.741. The minimum absolute atomic E-state index is 0.165. The van der Waals surface area contributed by atoms with Crippen LogP contribution in [0.1, 0.15) is 0 Å². The highest BCUT2D eigenvalue weighted by molar-refractivity contribution is 5.91. The number of anilines is 1. The number of benzene rings is 1. The van der Waals surface area contributed by atoms with Crippen LogP contribution in [0.2, 0.25) is 0 Å². The lowest BCUT2D eigenvalue weighted by molar-refractivity contribution is -0.118. The van der Waals surface area contributed by atoms with Gasteiger partial charge in [0.25, 0.3) is 5.91 Å². The molecular weight excluding hydrogens is 310 g/mol. The van der Waals surface area contributed by atoms with Gasteiger partial charge in [0.2, 0.25) is 0 Å². The molecule has 0 aliphatic heterocycles. The van der Waals surface area contributed by atoms with Gasteiger partial charge in [-0.1, -0.05) is 12.1 Å². The van der Waals surface area contributed by atoms with E-state index in [-0.39, 0.29) is 12.5 Å². The van der Waals surface area contributed by atoms with Gasteiger partial charge in [-0.05, 0) is 18.2 Å². The highest BCUT2D eigenvalue weighted by atomic mass is 16.5. The number of hydrogen-bond acceptors (Lipinski definition) is 6. The van der Waals surface area contributed by atoms with Gasteiger partial charge >= 0.3 is 0 Å². The molecule has 122 valence electrons. The van der Waals surface area contributed by atoms with Crippen LogP contribution in [0.25, 0.3) is 5.82 Å². The molecule has 0 spiro atoms. The lowest BCUT2D eigenvalue weighted by atomic mass is 10.3. The number of methoxy groups -OCH3 is 1. The summed E-state index contributed by atoms with van der Waals surface area (Å²) in [6, 6.07) is 10.5. The Morgan fingerprint density at radius 2 is 2.04 bits per heavy atom. The molecule has 8 nitrogen and oxygen atoms in total. The van der Waals surface area contributed by atoms with Crippen LogP contribution in [0, 0.1) is 0 Å². The first-order chi connectivity index (χ1) is 11.8. The molecule has 0 aliphatic carbocycles. The summed E-state index contributed by atoms with van der Waals surface area (Å²) in [7, 11) is 1.54. The summed E-state index contributed by atoms with van der Waals surface area (Å²) in [6.07, 6.45) is 4.74. The maximum absolute atomic E-state index is 12.0. The highest BCUT2D eigenvalue weighted by Gasteiger charge is 2.09. The lowest BCUT2D eigenvalue weighted by Gasteiger charge is -2.10. The molecule has 0 saturated carbocycles. The number of aromatic nitrogens is 4. The Kier molecular flexibility index (Phi) is 4.66. The van der Waals surface area contributed by atoms with Crippen molar-refractivity contribution in [1.82, 2.24) is 19.7 Å². The van der Waals surface area contributed by atoms with Crippen molar-refractivity contribution in [2.24, 2.45) is 0 Å². The third-order valence-electron chi connectivity index (χ3n) is 3.09. The van der Waals surface area contributed by atoms with Gasteiger partial charge in [0.15, 0.2) is 23.9 Å². The summed E-state index contributed by atoms with van der Waals surface area (Å²) in [5.41, 5.74) is 0. The predicted octanol–water partition coefficient (Wildman–Crippen LogP) is 1.69. The maximum atomic E-state index is 12.0. The summed E-state index contributed by atoms with van der Waals surface area (Å²) in [6.45, 7) is -0.165. The van der Waals surface area contributed by atoms with Crippen molar-refractivity contribution in [3.8, 4) is 17.3 Å². The smallest absolute Gasteiger partial charge is 0.263 e. The molecule has 0 atom stereocenters. The number of nitrogens with zero attached hydrogens (tertiary/aromatic N) is 4. The first-order valence-corrected chi connectivity index (χ1v) is 7.14. The van der Waals surface area contributed by atoms with E-state index in [1.807, 2.05) is 6.07 Å². The number of para-hydroxylation sites is 2. The molecule has 2 aromatic heterocycles. The third-order valence-corrected chi connectivity index (χ3v) is 3.09. The van der Waals surface area contributed by atoms with Crippen molar-refractivity contribution in [3.63, 3.8) is 0 Å². The molecule has 0 aliphatic rings. The Labute approximate surface area is 138 Å². The van der Waals surface area contributed by atoms with Crippen molar-refractivity contribution >= 4 is 11.7 Å². The standard InChI is InChI=1S/C16H15N5O3/c1-23-12-5-2-3-6-13(12)24-10-16(22)20-14-9-15(18-11-17-14)21-8-4-7-19-21/h2-9,11H,10H2,1H3,(H,17,18,20,22). The van der Waals surface area contributed by atoms with Gasteiger partial charge in [0.05, 0.1) is 7.11 Å². The third kappa shape index (κ3) is 3.67. The van der Waals surface area contributed by atoms with E-state index < -0.39 is 0 Å². The zero-order valence-corrected chi connectivity index (χ0v) is 12.9. The van der Waals surface area contributed by atoms with Gasteiger partial charge in [-0.2, -0.15) is 5.10 Å². The van der Waals surface area contributed by atoms with E-state index >= 15 is 0 Å². The summed E-state index contributed by atoms with van der Waals surface area (Å²) in [5.74, 6) is 1.63. The molecule has 0 bridgehead atoms. The summed E-state index contributed by atoms with van der Waals surface area (Å²) in [5, 5.41) is 6.73. The molecule has 2 heterocycles. The Balaban J connectivity index is 1.62. The predicted molar refractivity (Wildman–Crippen MR) is 86.3 cm³/mol. The molecule has 3 rings (SSSR count). The molecule has 3 aromatic rings. The van der Waals surface area contributed by atoms with E-state index in [1.54, 1.807) is 54.5 Å². The van der Waals surface area contributed by atoms with Crippen molar-refractivity contribution < 1.29 is 14.3 Å². The van der Waals surface area contributed by atoms with Crippen LogP contribution in [0.4, 0.5) is 5.82 Å². The van der Waals surface area contributed by atoms with Crippen LogP contribution in [-0.2, 0) is 4.79 Å².